The Morgan fingerprint density at radius 2 is 1.60 bits per heavy atom. The van der Waals surface area contributed by atoms with Crippen molar-refractivity contribution in [3.8, 4) is 28.1 Å². The highest BCUT2D eigenvalue weighted by Crippen LogP contribution is 2.40. The Bertz CT molecular complexity index is 1820. The minimum absolute atomic E-state index is 0.185. The number of anilines is 1. The van der Waals surface area contributed by atoms with Crippen LogP contribution in [0.2, 0.25) is 0 Å². The van der Waals surface area contributed by atoms with Crippen LogP contribution in [0.5, 0.6) is 5.75 Å². The standard InChI is InChI=1S/C36H42FN3O5.C4H10O.C2H6/c1-23-27(21-31(41)42)34-39-15-13-36(4,14-16-39)45-18-7-5-6-17-44-30-12-11-26(37)20-28(30)24-9-8-10-25(19-24)29-22-40(34)33(38-29)32(23)35(2,3)43;1-4(2,3)5;1-2/h8-12,19-20,22,43H,5-7,13-18,21H2,1-4H3,(H,41,42);5H,1-3H3;1-2H3. The lowest BCUT2D eigenvalue weighted by Gasteiger charge is -2.41. The van der Waals surface area contributed by atoms with Crippen LogP contribution in [-0.2, 0) is 21.6 Å². The molecular formula is C42H58FN3O6. The maximum atomic E-state index is 14.5. The first kappa shape index (κ1) is 40.8. The van der Waals surface area contributed by atoms with Crippen molar-refractivity contribution in [1.82, 2.24) is 9.38 Å². The fourth-order valence-electron chi connectivity index (χ4n) is 6.84. The van der Waals surface area contributed by atoms with E-state index >= 15 is 0 Å². The Morgan fingerprint density at radius 1 is 0.962 bits per heavy atom. The number of carbonyl (C=O) groups is 1. The number of carboxylic acid groups (broad SMARTS) is 1. The summed E-state index contributed by atoms with van der Waals surface area (Å²) in [6.07, 6.45) is 6.07. The number of aliphatic carboxylic acids is 1. The number of ether oxygens (including phenoxy) is 2. The molecule has 0 aliphatic carbocycles. The number of hydrogen-bond donors (Lipinski definition) is 3. The molecule has 4 aromatic rings. The van der Waals surface area contributed by atoms with Gasteiger partial charge in [-0.15, -0.1) is 0 Å². The summed E-state index contributed by atoms with van der Waals surface area (Å²) in [5.41, 5.74) is 3.43. The number of pyridine rings is 1. The van der Waals surface area contributed by atoms with Gasteiger partial charge in [0.1, 0.15) is 23.0 Å². The monoisotopic (exact) mass is 719 g/mol. The van der Waals surface area contributed by atoms with Crippen LogP contribution in [0.1, 0.15) is 104 Å². The van der Waals surface area contributed by atoms with Crippen molar-refractivity contribution < 1.29 is 34.0 Å². The lowest BCUT2D eigenvalue weighted by molar-refractivity contribution is -0.136. The van der Waals surface area contributed by atoms with Gasteiger partial charge in [0.05, 0.1) is 35.5 Å². The molecule has 52 heavy (non-hydrogen) atoms. The van der Waals surface area contributed by atoms with Gasteiger partial charge in [-0.2, -0.15) is 0 Å². The third kappa shape index (κ3) is 10.1. The van der Waals surface area contributed by atoms with E-state index in [9.17, 15) is 19.4 Å². The molecule has 3 N–H and O–H groups in total. The van der Waals surface area contributed by atoms with E-state index in [1.807, 2.05) is 55.6 Å². The third-order valence-electron chi connectivity index (χ3n) is 9.22. The third-order valence-corrected chi connectivity index (χ3v) is 9.22. The molecule has 0 atom stereocenters. The smallest absolute Gasteiger partial charge is 0.307 e. The van der Waals surface area contributed by atoms with E-state index in [1.165, 1.54) is 12.1 Å². The first-order chi connectivity index (χ1) is 24.4. The van der Waals surface area contributed by atoms with Crippen molar-refractivity contribution in [2.24, 2.45) is 0 Å². The van der Waals surface area contributed by atoms with E-state index in [-0.39, 0.29) is 17.8 Å². The molecule has 9 nitrogen and oxygen atoms in total. The van der Waals surface area contributed by atoms with Crippen LogP contribution in [0, 0.1) is 12.7 Å². The number of carboxylic acids is 1. The molecule has 3 aliphatic heterocycles. The molecule has 2 aromatic heterocycles. The Hall–Kier alpha value is -3.99. The highest BCUT2D eigenvalue weighted by atomic mass is 19.1. The van der Waals surface area contributed by atoms with Crippen molar-refractivity contribution in [2.45, 2.75) is 118 Å². The fourth-order valence-corrected chi connectivity index (χ4v) is 6.84. The van der Waals surface area contributed by atoms with E-state index < -0.39 is 17.2 Å². The highest BCUT2D eigenvalue weighted by molar-refractivity contribution is 5.80. The number of hydrogen-bond acceptors (Lipinski definition) is 7. The average Bonchev–Trinajstić information content (AvgIpc) is 3.49. The molecule has 5 heterocycles. The van der Waals surface area contributed by atoms with Gasteiger partial charge in [0.2, 0.25) is 0 Å². The lowest BCUT2D eigenvalue weighted by Crippen LogP contribution is -2.45. The summed E-state index contributed by atoms with van der Waals surface area (Å²) in [6, 6.07) is 12.4. The van der Waals surface area contributed by atoms with Gasteiger partial charge >= 0.3 is 5.97 Å². The Kier molecular flexibility index (Phi) is 13.2. The van der Waals surface area contributed by atoms with Crippen molar-refractivity contribution in [3.63, 3.8) is 0 Å². The second kappa shape index (κ2) is 16.8. The Morgan fingerprint density at radius 3 is 2.23 bits per heavy atom. The molecule has 1 saturated heterocycles. The average molecular weight is 720 g/mol. The van der Waals surface area contributed by atoms with Gasteiger partial charge in [0.15, 0.2) is 0 Å². The summed E-state index contributed by atoms with van der Waals surface area (Å²) in [7, 11) is 0. The zero-order valence-electron chi connectivity index (χ0n) is 32.5. The summed E-state index contributed by atoms with van der Waals surface area (Å²) < 4.78 is 29.1. The molecule has 0 unspecified atom stereocenters. The first-order valence-corrected chi connectivity index (χ1v) is 18.6. The van der Waals surface area contributed by atoms with Crippen molar-refractivity contribution in [3.05, 3.63) is 71.2 Å². The summed E-state index contributed by atoms with van der Waals surface area (Å²) in [5.74, 6) is 0.117. The number of nitrogens with zero attached hydrogens (tertiary/aromatic N) is 3. The predicted molar refractivity (Wildman–Crippen MR) is 206 cm³/mol. The predicted octanol–water partition coefficient (Wildman–Crippen LogP) is 8.71. The number of aromatic nitrogens is 2. The zero-order chi connectivity index (χ0) is 38.4. The van der Waals surface area contributed by atoms with E-state index in [1.54, 1.807) is 40.7 Å². The molecule has 0 spiro atoms. The first-order valence-electron chi connectivity index (χ1n) is 18.6. The number of benzene rings is 2. The van der Waals surface area contributed by atoms with Crippen LogP contribution in [0.25, 0.3) is 28.0 Å². The minimum atomic E-state index is -1.28. The molecule has 6 bridgehead atoms. The molecule has 0 saturated carbocycles. The number of fused-ring (bicyclic) bond motifs is 8. The van der Waals surface area contributed by atoms with Crippen LogP contribution in [0.4, 0.5) is 10.2 Å². The van der Waals surface area contributed by atoms with Gasteiger partial charge in [-0.05, 0) is 116 Å². The number of rotatable bonds is 3. The second-order valence-corrected chi connectivity index (χ2v) is 15.3. The van der Waals surface area contributed by atoms with Gasteiger partial charge in [0, 0.05) is 48.1 Å². The van der Waals surface area contributed by atoms with Crippen LogP contribution >= 0.6 is 0 Å². The van der Waals surface area contributed by atoms with E-state index in [2.05, 4.69) is 11.8 Å². The topological polar surface area (TPSA) is 117 Å². The molecule has 1 fully saturated rings. The number of piperidine rings is 1. The fraction of sp³-hybridized carbons (Fsp3) is 0.524. The maximum absolute atomic E-state index is 14.5. The Labute approximate surface area is 308 Å². The molecule has 2 aromatic carbocycles. The largest absolute Gasteiger partial charge is 0.493 e. The van der Waals surface area contributed by atoms with E-state index in [4.69, 9.17) is 19.6 Å². The highest BCUT2D eigenvalue weighted by Gasteiger charge is 2.35. The van der Waals surface area contributed by atoms with Gasteiger partial charge in [-0.1, -0.05) is 32.0 Å². The summed E-state index contributed by atoms with van der Waals surface area (Å²) in [5, 5.41) is 29.9. The minimum Gasteiger partial charge on any atom is -0.493 e. The van der Waals surface area contributed by atoms with E-state index in [0.29, 0.717) is 60.1 Å². The van der Waals surface area contributed by atoms with Crippen LogP contribution in [0.15, 0.2) is 48.7 Å². The quantitative estimate of drug-likeness (QED) is 0.193. The van der Waals surface area contributed by atoms with Gasteiger partial charge in [-0.3, -0.25) is 9.20 Å². The van der Waals surface area contributed by atoms with Crippen molar-refractivity contribution in [1.29, 1.82) is 0 Å². The summed E-state index contributed by atoms with van der Waals surface area (Å²) >= 11 is 0. The van der Waals surface area contributed by atoms with Gasteiger partial charge in [0.25, 0.3) is 0 Å². The number of halogens is 1. The summed E-state index contributed by atoms with van der Waals surface area (Å²) in [6.45, 7) is 19.3. The molecule has 10 heteroatoms. The van der Waals surface area contributed by atoms with Crippen LogP contribution in [0.3, 0.4) is 0 Å². The van der Waals surface area contributed by atoms with Gasteiger partial charge in [-0.25, -0.2) is 9.37 Å². The summed E-state index contributed by atoms with van der Waals surface area (Å²) in [4.78, 5) is 19.5. The normalized spacial score (nSPS) is 16.2. The number of imidazole rings is 1. The SMILES string of the molecule is CC.CC(C)(C)O.Cc1c(CC(=O)O)c2n3cc(nc3c1C(C)(C)O)-c1cccc(c1)-c1cc(F)ccc1OCCCCCOC1(C)CCN2CC1. The molecule has 3 aliphatic rings. The molecule has 0 amide bonds. The molecule has 0 radical (unpaired) electrons. The molecule has 7 rings (SSSR count). The van der Waals surface area contributed by atoms with Crippen LogP contribution < -0.4 is 9.64 Å². The molecule has 284 valence electrons. The van der Waals surface area contributed by atoms with Crippen molar-refractivity contribution >= 4 is 17.4 Å². The van der Waals surface area contributed by atoms with Crippen molar-refractivity contribution in [2.75, 3.05) is 31.2 Å². The lowest BCUT2D eigenvalue weighted by atomic mass is 9.89. The molecular weight excluding hydrogens is 661 g/mol. The van der Waals surface area contributed by atoms with E-state index in [0.717, 1.165) is 54.6 Å². The second-order valence-electron chi connectivity index (χ2n) is 15.3. The Balaban J connectivity index is 0.000000797. The zero-order valence-corrected chi connectivity index (χ0v) is 32.5. The maximum Gasteiger partial charge on any atom is 0.307 e. The number of aliphatic hydroxyl groups is 2. The van der Waals surface area contributed by atoms with Crippen LogP contribution in [-0.4, -0.2) is 68.2 Å². The van der Waals surface area contributed by atoms with Gasteiger partial charge < -0.3 is 29.7 Å².